The Hall–Kier alpha value is -1.06. The summed E-state index contributed by atoms with van der Waals surface area (Å²) in [7, 11) is 0. The maximum absolute atomic E-state index is 12.0. The highest BCUT2D eigenvalue weighted by Gasteiger charge is 2.09. The summed E-state index contributed by atoms with van der Waals surface area (Å²) in [6, 6.07) is 7.55. The van der Waals surface area contributed by atoms with Crippen molar-refractivity contribution < 1.29 is 9.53 Å². The van der Waals surface area contributed by atoms with E-state index in [0.29, 0.717) is 12.2 Å². The van der Waals surface area contributed by atoms with Crippen LogP contribution in [0, 0.1) is 6.92 Å². The highest BCUT2D eigenvalue weighted by molar-refractivity contribution is 5.89. The van der Waals surface area contributed by atoms with Gasteiger partial charge in [0, 0.05) is 6.54 Å². The fourth-order valence-electron chi connectivity index (χ4n) is 2.22. The van der Waals surface area contributed by atoms with Crippen LogP contribution in [0.15, 0.2) is 24.3 Å². The second-order valence-corrected chi connectivity index (χ2v) is 5.55. The minimum absolute atomic E-state index is 0. The van der Waals surface area contributed by atoms with E-state index in [1.54, 1.807) is 6.07 Å². The van der Waals surface area contributed by atoms with E-state index in [1.165, 1.54) is 25.7 Å². The molecule has 0 unspecified atom stereocenters. The van der Waals surface area contributed by atoms with Crippen molar-refractivity contribution in [1.29, 1.82) is 0 Å². The van der Waals surface area contributed by atoms with Gasteiger partial charge in [-0.1, -0.05) is 44.4 Å². The maximum Gasteiger partial charge on any atom is 0.338 e. The fourth-order valence-corrected chi connectivity index (χ4v) is 2.22. The lowest BCUT2D eigenvalue weighted by Crippen LogP contribution is -2.30. The summed E-state index contributed by atoms with van der Waals surface area (Å²) in [6.45, 7) is 9.88. The lowest BCUT2D eigenvalue weighted by molar-refractivity contribution is 0.0460. The predicted molar refractivity (Wildman–Crippen MR) is 95.0 cm³/mol. The summed E-state index contributed by atoms with van der Waals surface area (Å²) in [5.74, 6) is -0.218. The smallest absolute Gasteiger partial charge is 0.338 e. The Kier molecular flexibility index (Phi) is 11.9. The van der Waals surface area contributed by atoms with Crippen molar-refractivity contribution in [3.05, 3.63) is 35.4 Å². The van der Waals surface area contributed by atoms with Gasteiger partial charge in [0.05, 0.1) is 5.56 Å². The summed E-state index contributed by atoms with van der Waals surface area (Å²) < 4.78 is 5.39. The topological polar surface area (TPSA) is 29.5 Å². The van der Waals surface area contributed by atoms with Gasteiger partial charge in [0.2, 0.25) is 0 Å². The Morgan fingerprint density at radius 1 is 1.09 bits per heavy atom. The highest BCUT2D eigenvalue weighted by Crippen LogP contribution is 2.06. The van der Waals surface area contributed by atoms with Gasteiger partial charge in [-0.2, -0.15) is 0 Å². The molecule has 22 heavy (non-hydrogen) atoms. The first-order valence-electron chi connectivity index (χ1n) is 8.13. The number of benzene rings is 1. The molecular weight excluding hydrogens is 298 g/mol. The van der Waals surface area contributed by atoms with Crippen molar-refractivity contribution in [3.8, 4) is 0 Å². The molecule has 0 saturated carbocycles. The van der Waals surface area contributed by atoms with Gasteiger partial charge in [0.15, 0.2) is 0 Å². The maximum atomic E-state index is 12.0. The minimum atomic E-state index is -0.218. The molecule has 0 spiro atoms. The van der Waals surface area contributed by atoms with Crippen LogP contribution >= 0.6 is 12.4 Å². The number of hydrogen-bond acceptors (Lipinski definition) is 3. The highest BCUT2D eigenvalue weighted by atomic mass is 35.5. The normalized spacial score (nSPS) is 10.4. The van der Waals surface area contributed by atoms with E-state index < -0.39 is 0 Å². The number of carbonyl (C=O) groups excluding carboxylic acids is 1. The second kappa shape index (κ2) is 12.5. The molecule has 0 fully saturated rings. The van der Waals surface area contributed by atoms with Gasteiger partial charge in [-0.3, -0.25) is 4.90 Å². The van der Waals surface area contributed by atoms with Gasteiger partial charge >= 0.3 is 5.97 Å². The standard InChI is InChI=1S/C18H29NO2.ClH/c1-4-6-11-19(12-7-5-2)13-14-21-18(20)17-10-8-9-16(3)15-17;/h8-10,15H,4-7,11-14H2,1-3H3;1H. The number of carbonyl (C=O) groups is 1. The minimum Gasteiger partial charge on any atom is -0.461 e. The van der Waals surface area contributed by atoms with Crippen LogP contribution in [0.2, 0.25) is 0 Å². The van der Waals surface area contributed by atoms with Crippen molar-refractivity contribution in [2.45, 2.75) is 46.5 Å². The van der Waals surface area contributed by atoms with Gasteiger partial charge in [0.25, 0.3) is 0 Å². The average Bonchev–Trinajstić information content (AvgIpc) is 2.49. The number of aryl methyl sites for hydroxylation is 1. The van der Waals surface area contributed by atoms with Gasteiger partial charge in [-0.25, -0.2) is 4.79 Å². The van der Waals surface area contributed by atoms with E-state index in [0.717, 1.165) is 25.2 Å². The Morgan fingerprint density at radius 3 is 2.27 bits per heavy atom. The van der Waals surface area contributed by atoms with Gasteiger partial charge in [0.1, 0.15) is 6.61 Å². The molecule has 0 aliphatic rings. The van der Waals surface area contributed by atoms with Crippen LogP contribution in [0.25, 0.3) is 0 Å². The molecule has 4 heteroatoms. The van der Waals surface area contributed by atoms with Crippen molar-refractivity contribution in [1.82, 2.24) is 4.90 Å². The van der Waals surface area contributed by atoms with E-state index in [2.05, 4.69) is 18.7 Å². The number of esters is 1. The van der Waals surface area contributed by atoms with Crippen LogP contribution < -0.4 is 0 Å². The van der Waals surface area contributed by atoms with Crippen LogP contribution in [-0.4, -0.2) is 37.1 Å². The monoisotopic (exact) mass is 327 g/mol. The zero-order valence-corrected chi connectivity index (χ0v) is 15.0. The first kappa shape index (κ1) is 20.9. The predicted octanol–water partition coefficient (Wildman–Crippen LogP) is 4.48. The first-order valence-corrected chi connectivity index (χ1v) is 8.13. The third-order valence-electron chi connectivity index (χ3n) is 3.55. The molecule has 0 radical (unpaired) electrons. The third-order valence-corrected chi connectivity index (χ3v) is 3.55. The fraction of sp³-hybridized carbons (Fsp3) is 0.611. The van der Waals surface area contributed by atoms with E-state index in [4.69, 9.17) is 4.74 Å². The molecule has 0 aliphatic carbocycles. The number of unbranched alkanes of at least 4 members (excludes halogenated alkanes) is 2. The van der Waals surface area contributed by atoms with E-state index in [9.17, 15) is 4.79 Å². The second-order valence-electron chi connectivity index (χ2n) is 5.55. The van der Waals surface area contributed by atoms with Crippen LogP contribution in [0.4, 0.5) is 0 Å². The molecule has 0 amide bonds. The average molecular weight is 328 g/mol. The Bertz CT molecular complexity index is 415. The summed E-state index contributed by atoms with van der Waals surface area (Å²) >= 11 is 0. The Balaban J connectivity index is 0.00000441. The summed E-state index contributed by atoms with van der Waals surface area (Å²) in [5, 5.41) is 0. The van der Waals surface area contributed by atoms with E-state index >= 15 is 0 Å². The third kappa shape index (κ3) is 8.40. The largest absolute Gasteiger partial charge is 0.461 e. The van der Waals surface area contributed by atoms with Crippen LogP contribution in [0.5, 0.6) is 0 Å². The lowest BCUT2D eigenvalue weighted by Gasteiger charge is -2.21. The van der Waals surface area contributed by atoms with Crippen molar-refractivity contribution >= 4 is 18.4 Å². The number of rotatable bonds is 10. The van der Waals surface area contributed by atoms with Gasteiger partial charge < -0.3 is 4.74 Å². The molecule has 0 N–H and O–H groups in total. The Labute approximate surface area is 141 Å². The summed E-state index contributed by atoms with van der Waals surface area (Å²) in [4.78, 5) is 14.4. The summed E-state index contributed by atoms with van der Waals surface area (Å²) in [5.41, 5.74) is 1.72. The molecule has 0 atom stereocenters. The van der Waals surface area contributed by atoms with Crippen LogP contribution in [-0.2, 0) is 4.74 Å². The van der Waals surface area contributed by atoms with Crippen molar-refractivity contribution in [2.75, 3.05) is 26.2 Å². The number of ether oxygens (including phenoxy) is 1. The molecular formula is C18H30ClNO2. The van der Waals surface area contributed by atoms with E-state index in [-0.39, 0.29) is 18.4 Å². The molecule has 0 saturated heterocycles. The van der Waals surface area contributed by atoms with Crippen molar-refractivity contribution in [3.63, 3.8) is 0 Å². The number of nitrogens with zero attached hydrogens (tertiary/aromatic N) is 1. The SMILES string of the molecule is CCCCN(CCCC)CCOC(=O)c1cccc(C)c1.Cl. The summed E-state index contributed by atoms with van der Waals surface area (Å²) in [6.07, 6.45) is 4.81. The van der Waals surface area contributed by atoms with Crippen LogP contribution in [0.3, 0.4) is 0 Å². The molecule has 0 aromatic heterocycles. The quantitative estimate of drug-likeness (QED) is 0.593. The van der Waals surface area contributed by atoms with Gasteiger partial charge in [-0.15, -0.1) is 12.4 Å². The molecule has 0 aliphatic heterocycles. The molecule has 126 valence electrons. The van der Waals surface area contributed by atoms with Crippen molar-refractivity contribution in [2.24, 2.45) is 0 Å². The molecule has 1 aromatic carbocycles. The molecule has 0 heterocycles. The Morgan fingerprint density at radius 2 is 1.73 bits per heavy atom. The first-order chi connectivity index (χ1) is 10.2. The van der Waals surface area contributed by atoms with Gasteiger partial charge in [-0.05, 0) is 45.0 Å². The lowest BCUT2D eigenvalue weighted by atomic mass is 10.1. The zero-order valence-electron chi connectivity index (χ0n) is 14.1. The molecule has 3 nitrogen and oxygen atoms in total. The molecule has 0 bridgehead atoms. The van der Waals surface area contributed by atoms with E-state index in [1.807, 2.05) is 25.1 Å². The van der Waals surface area contributed by atoms with Crippen LogP contribution in [0.1, 0.15) is 55.5 Å². The number of hydrogen-bond donors (Lipinski definition) is 0. The molecule has 1 aromatic rings. The zero-order chi connectivity index (χ0) is 15.5. The number of halogens is 1. The molecule has 1 rings (SSSR count).